The van der Waals surface area contributed by atoms with E-state index in [0.717, 1.165) is 30.4 Å². The zero-order valence-corrected chi connectivity index (χ0v) is 24.8. The normalized spacial score (nSPS) is 20.1. The van der Waals surface area contributed by atoms with Crippen molar-refractivity contribution in [1.82, 2.24) is 9.80 Å². The van der Waals surface area contributed by atoms with Gasteiger partial charge >= 0.3 is 6.09 Å². The summed E-state index contributed by atoms with van der Waals surface area (Å²) in [6, 6.07) is 20.4. The third-order valence-electron chi connectivity index (χ3n) is 7.88. The highest BCUT2D eigenvalue weighted by atomic mass is 16.6. The molecule has 0 aromatic heterocycles. The predicted molar refractivity (Wildman–Crippen MR) is 154 cm³/mol. The maximum absolute atomic E-state index is 14.1. The Hall–Kier alpha value is -2.70. The third kappa shape index (κ3) is 7.29. The summed E-state index contributed by atoms with van der Waals surface area (Å²) in [6.07, 6.45) is 1.70. The summed E-state index contributed by atoms with van der Waals surface area (Å²) < 4.78 is 12.3. The summed E-state index contributed by atoms with van der Waals surface area (Å²) in [7, 11) is 0. The van der Waals surface area contributed by atoms with Gasteiger partial charge in [0.2, 0.25) is 0 Å². The molecule has 2 fully saturated rings. The van der Waals surface area contributed by atoms with Gasteiger partial charge in [0.05, 0.1) is 18.2 Å². The number of benzene rings is 2. The fraction of sp³-hybridized carbons (Fsp3) is 0.576. The van der Waals surface area contributed by atoms with E-state index in [4.69, 9.17) is 9.47 Å². The molecule has 212 valence electrons. The van der Waals surface area contributed by atoms with Crippen LogP contribution in [0.2, 0.25) is 0 Å². The van der Waals surface area contributed by atoms with Crippen LogP contribution in [0.3, 0.4) is 0 Å². The lowest BCUT2D eigenvalue weighted by atomic mass is 9.83. The Labute approximate surface area is 234 Å². The van der Waals surface area contributed by atoms with Crippen molar-refractivity contribution >= 4 is 11.9 Å². The van der Waals surface area contributed by atoms with Crippen LogP contribution >= 0.6 is 0 Å². The Morgan fingerprint density at radius 3 is 1.87 bits per heavy atom. The number of ether oxygens (including phenoxy) is 2. The Kier molecular flexibility index (Phi) is 8.58. The maximum atomic E-state index is 14.1. The molecule has 2 aromatic rings. The molecule has 0 spiro atoms. The fourth-order valence-electron chi connectivity index (χ4n) is 5.66. The molecule has 1 heterocycles. The smallest absolute Gasteiger partial charge is 0.413 e. The van der Waals surface area contributed by atoms with E-state index in [1.165, 1.54) is 0 Å². The zero-order valence-electron chi connectivity index (χ0n) is 24.8. The second kappa shape index (κ2) is 11.4. The number of amides is 1. The van der Waals surface area contributed by atoms with Crippen LogP contribution < -0.4 is 0 Å². The number of Topliss-reactive ketones (excluding diaryl/α,β-unsaturated/α-hetero) is 1. The average Bonchev–Trinajstić information content (AvgIpc) is 3.65. The van der Waals surface area contributed by atoms with Gasteiger partial charge in [-0.05, 0) is 51.2 Å². The van der Waals surface area contributed by atoms with Crippen molar-refractivity contribution in [3.05, 3.63) is 71.8 Å². The first-order chi connectivity index (χ1) is 18.3. The zero-order chi connectivity index (χ0) is 28.4. The fourth-order valence-corrected chi connectivity index (χ4v) is 5.66. The van der Waals surface area contributed by atoms with Gasteiger partial charge in [-0.15, -0.1) is 0 Å². The quantitative estimate of drug-likeness (QED) is 0.335. The molecule has 1 saturated carbocycles. The van der Waals surface area contributed by atoms with Crippen molar-refractivity contribution in [3.8, 4) is 0 Å². The lowest BCUT2D eigenvalue weighted by molar-refractivity contribution is -0.142. The lowest BCUT2D eigenvalue weighted by Crippen LogP contribution is -2.57. The van der Waals surface area contributed by atoms with E-state index in [0.29, 0.717) is 25.6 Å². The number of rotatable bonds is 10. The van der Waals surface area contributed by atoms with Gasteiger partial charge in [0.15, 0.2) is 11.9 Å². The summed E-state index contributed by atoms with van der Waals surface area (Å²) in [5, 5.41) is 0. The highest BCUT2D eigenvalue weighted by Crippen LogP contribution is 2.40. The van der Waals surface area contributed by atoms with Gasteiger partial charge in [-0.25, -0.2) is 4.79 Å². The molecule has 39 heavy (non-hydrogen) atoms. The van der Waals surface area contributed by atoms with Crippen LogP contribution in [0.15, 0.2) is 60.7 Å². The van der Waals surface area contributed by atoms with Gasteiger partial charge in [0, 0.05) is 18.5 Å². The molecule has 1 aliphatic carbocycles. The molecule has 0 radical (unpaired) electrons. The van der Waals surface area contributed by atoms with E-state index in [1.54, 1.807) is 4.90 Å². The first-order valence-electron chi connectivity index (χ1n) is 14.3. The largest absolute Gasteiger partial charge is 0.436 e. The molecule has 0 unspecified atom stereocenters. The van der Waals surface area contributed by atoms with E-state index in [-0.39, 0.29) is 11.8 Å². The van der Waals surface area contributed by atoms with E-state index >= 15 is 0 Å². The molecule has 6 heteroatoms. The summed E-state index contributed by atoms with van der Waals surface area (Å²) >= 11 is 0. The van der Waals surface area contributed by atoms with Crippen LogP contribution in [0.4, 0.5) is 4.79 Å². The number of carbonyl (C=O) groups is 2. The van der Waals surface area contributed by atoms with Gasteiger partial charge in [-0.1, -0.05) is 94.3 Å². The van der Waals surface area contributed by atoms with Crippen LogP contribution in [0.5, 0.6) is 0 Å². The molecule has 1 saturated heterocycles. The van der Waals surface area contributed by atoms with Crippen molar-refractivity contribution in [3.63, 3.8) is 0 Å². The Balaban J connectivity index is 1.73. The monoisotopic (exact) mass is 534 g/mol. The topological polar surface area (TPSA) is 59.1 Å². The summed E-state index contributed by atoms with van der Waals surface area (Å²) in [5.41, 5.74) is 0.283. The summed E-state index contributed by atoms with van der Waals surface area (Å²) in [5.74, 6) is 0.476. The summed E-state index contributed by atoms with van der Waals surface area (Å²) in [4.78, 5) is 32.1. The predicted octanol–water partition coefficient (Wildman–Crippen LogP) is 6.82. The minimum atomic E-state index is -0.905. The molecule has 0 bridgehead atoms. The van der Waals surface area contributed by atoms with E-state index in [2.05, 4.69) is 29.2 Å². The summed E-state index contributed by atoms with van der Waals surface area (Å²) in [6.45, 7) is 15.2. The van der Waals surface area contributed by atoms with Crippen molar-refractivity contribution in [2.75, 3.05) is 6.61 Å². The number of ketones is 1. The van der Waals surface area contributed by atoms with Gasteiger partial charge in [0.25, 0.3) is 0 Å². The highest BCUT2D eigenvalue weighted by Gasteiger charge is 2.52. The molecule has 2 aromatic carbocycles. The molecular formula is C33H46N2O4. The molecule has 2 aliphatic rings. The Bertz CT molecular complexity index is 1060. The minimum Gasteiger partial charge on any atom is -0.436 e. The van der Waals surface area contributed by atoms with Gasteiger partial charge < -0.3 is 9.47 Å². The maximum Gasteiger partial charge on any atom is 0.413 e. The first-order valence-corrected chi connectivity index (χ1v) is 14.3. The SMILES string of the molecule is CC(C)(C)C(=O)[C@H](OC(=O)N1C(C)(C)COC1(C)C)[C@H](CC1CC1)N(Cc1ccccc1)Cc1ccccc1. The highest BCUT2D eigenvalue weighted by molar-refractivity contribution is 5.90. The minimum absolute atomic E-state index is 0.0525. The third-order valence-corrected chi connectivity index (χ3v) is 7.88. The van der Waals surface area contributed by atoms with Crippen molar-refractivity contribution in [2.24, 2.45) is 11.3 Å². The van der Waals surface area contributed by atoms with Crippen LogP contribution in [-0.2, 0) is 27.4 Å². The number of hydrogen-bond acceptors (Lipinski definition) is 5. The molecule has 6 nitrogen and oxygen atoms in total. The molecule has 0 N–H and O–H groups in total. The second-order valence-electron chi connectivity index (χ2n) is 13.4. The lowest BCUT2D eigenvalue weighted by Gasteiger charge is -2.41. The molecule has 1 aliphatic heterocycles. The van der Waals surface area contributed by atoms with Gasteiger partial charge in [-0.3, -0.25) is 14.6 Å². The number of carbonyl (C=O) groups excluding carboxylic acids is 2. The Morgan fingerprint density at radius 1 is 0.949 bits per heavy atom. The van der Waals surface area contributed by atoms with Gasteiger partial charge in [-0.2, -0.15) is 0 Å². The first kappa shape index (κ1) is 29.3. The molecular weight excluding hydrogens is 488 g/mol. The standard InChI is InChI=1S/C33H46N2O4/c1-31(2,3)29(36)28(39-30(37)35-32(4,5)23-38-33(35,6)7)27(20-24-18-19-24)34(21-25-14-10-8-11-15-25)22-26-16-12-9-13-17-26/h8-17,24,27-28H,18-23H2,1-7H3/t27-,28+/m0/s1. The van der Waals surface area contributed by atoms with E-state index < -0.39 is 28.9 Å². The second-order valence-corrected chi connectivity index (χ2v) is 13.4. The van der Waals surface area contributed by atoms with E-state index in [1.807, 2.05) is 84.9 Å². The van der Waals surface area contributed by atoms with Crippen LogP contribution in [0, 0.1) is 11.3 Å². The Morgan fingerprint density at radius 2 is 1.46 bits per heavy atom. The molecule has 4 rings (SSSR count). The number of hydrogen-bond donors (Lipinski definition) is 0. The molecule has 1 amide bonds. The average molecular weight is 535 g/mol. The van der Waals surface area contributed by atoms with Gasteiger partial charge in [0.1, 0.15) is 5.72 Å². The van der Waals surface area contributed by atoms with Crippen molar-refractivity contribution < 1.29 is 19.1 Å². The van der Waals surface area contributed by atoms with Crippen molar-refractivity contribution in [1.29, 1.82) is 0 Å². The van der Waals surface area contributed by atoms with Crippen LogP contribution in [0.1, 0.15) is 78.9 Å². The van der Waals surface area contributed by atoms with Crippen molar-refractivity contribution in [2.45, 2.75) is 104 Å². The molecule has 2 atom stereocenters. The van der Waals surface area contributed by atoms with E-state index in [9.17, 15) is 9.59 Å². The number of nitrogens with zero attached hydrogens (tertiary/aromatic N) is 2. The van der Waals surface area contributed by atoms with Crippen LogP contribution in [-0.4, -0.2) is 51.7 Å². The van der Waals surface area contributed by atoms with Crippen LogP contribution in [0.25, 0.3) is 0 Å².